The van der Waals surface area contributed by atoms with Gasteiger partial charge in [-0.2, -0.15) is 0 Å². The van der Waals surface area contributed by atoms with Gasteiger partial charge in [-0.3, -0.25) is 0 Å². The highest BCUT2D eigenvalue weighted by atomic mass is 16.3. The Bertz CT molecular complexity index is 284. The lowest BCUT2D eigenvalue weighted by atomic mass is 10.1. The van der Waals surface area contributed by atoms with Crippen molar-refractivity contribution in [3.8, 4) is 11.5 Å². The Morgan fingerprint density at radius 2 is 1.92 bits per heavy atom. The van der Waals surface area contributed by atoms with Gasteiger partial charge in [0.05, 0.1) is 0 Å². The van der Waals surface area contributed by atoms with Crippen molar-refractivity contribution < 1.29 is 10.2 Å². The van der Waals surface area contributed by atoms with Crippen LogP contribution >= 0.6 is 0 Å². The quantitative estimate of drug-likeness (QED) is 0.689. The van der Waals surface area contributed by atoms with Crippen molar-refractivity contribution in [1.82, 2.24) is 4.90 Å². The fourth-order valence-electron chi connectivity index (χ4n) is 1.12. The van der Waals surface area contributed by atoms with Gasteiger partial charge in [0.1, 0.15) is 0 Å². The average molecular weight is 181 g/mol. The van der Waals surface area contributed by atoms with Gasteiger partial charge < -0.3 is 15.1 Å². The van der Waals surface area contributed by atoms with Crippen molar-refractivity contribution in [3.05, 3.63) is 23.8 Å². The molecule has 0 heterocycles. The standard InChI is InChI=1S/C10H15NO2/c1-11(2)7-6-8-4-3-5-9(12)10(8)13/h3-5,12-13H,6-7H2,1-2H3. The average Bonchev–Trinajstić information content (AvgIpc) is 2.07. The summed E-state index contributed by atoms with van der Waals surface area (Å²) >= 11 is 0. The summed E-state index contributed by atoms with van der Waals surface area (Å²) in [5.74, 6) is -0.0411. The normalized spacial score (nSPS) is 10.7. The first-order valence-corrected chi connectivity index (χ1v) is 4.26. The molecule has 72 valence electrons. The monoisotopic (exact) mass is 181 g/mol. The molecule has 0 aliphatic carbocycles. The molecule has 0 saturated carbocycles. The molecule has 3 heteroatoms. The molecule has 0 saturated heterocycles. The highest BCUT2D eigenvalue weighted by molar-refractivity contribution is 5.44. The van der Waals surface area contributed by atoms with Gasteiger partial charge in [-0.05, 0) is 32.1 Å². The van der Waals surface area contributed by atoms with Gasteiger partial charge in [0.25, 0.3) is 0 Å². The third kappa shape index (κ3) is 2.63. The molecule has 1 rings (SSSR count). The molecule has 0 fully saturated rings. The van der Waals surface area contributed by atoms with E-state index in [0.717, 1.165) is 18.5 Å². The number of phenols is 2. The zero-order valence-electron chi connectivity index (χ0n) is 7.99. The van der Waals surface area contributed by atoms with Crippen LogP contribution in [-0.2, 0) is 6.42 Å². The lowest BCUT2D eigenvalue weighted by molar-refractivity contribution is 0.387. The highest BCUT2D eigenvalue weighted by Gasteiger charge is 2.05. The predicted octanol–water partition coefficient (Wildman–Crippen LogP) is 1.20. The van der Waals surface area contributed by atoms with E-state index in [-0.39, 0.29) is 11.5 Å². The molecule has 0 radical (unpaired) electrons. The maximum absolute atomic E-state index is 9.44. The minimum absolute atomic E-state index is 0.00403. The second kappa shape index (κ2) is 4.14. The number of phenolic OH excluding ortho intramolecular Hbond substituents is 2. The molecule has 3 nitrogen and oxygen atoms in total. The number of rotatable bonds is 3. The van der Waals surface area contributed by atoms with Crippen LogP contribution < -0.4 is 0 Å². The Labute approximate surface area is 78.2 Å². The molecule has 0 atom stereocenters. The summed E-state index contributed by atoms with van der Waals surface area (Å²) in [4.78, 5) is 2.03. The van der Waals surface area contributed by atoms with Crippen LogP contribution in [0.4, 0.5) is 0 Å². The minimum Gasteiger partial charge on any atom is -0.504 e. The van der Waals surface area contributed by atoms with Gasteiger partial charge in [-0.25, -0.2) is 0 Å². The van der Waals surface area contributed by atoms with Crippen LogP contribution in [0.25, 0.3) is 0 Å². The number of hydrogen-bond donors (Lipinski definition) is 2. The first-order valence-electron chi connectivity index (χ1n) is 4.26. The molecule has 13 heavy (non-hydrogen) atoms. The number of aromatic hydroxyl groups is 2. The van der Waals surface area contributed by atoms with Crippen molar-refractivity contribution in [3.63, 3.8) is 0 Å². The van der Waals surface area contributed by atoms with Crippen molar-refractivity contribution in [2.75, 3.05) is 20.6 Å². The third-order valence-corrected chi connectivity index (χ3v) is 1.93. The second-order valence-electron chi connectivity index (χ2n) is 3.34. The van der Waals surface area contributed by atoms with E-state index in [1.165, 1.54) is 6.07 Å². The SMILES string of the molecule is CN(C)CCc1cccc(O)c1O. The zero-order valence-corrected chi connectivity index (χ0v) is 7.99. The Morgan fingerprint density at radius 3 is 2.54 bits per heavy atom. The molecule has 0 bridgehead atoms. The van der Waals surface area contributed by atoms with Gasteiger partial charge in [0.2, 0.25) is 0 Å². The molecule has 0 aliphatic heterocycles. The van der Waals surface area contributed by atoms with E-state index in [0.29, 0.717) is 0 Å². The summed E-state index contributed by atoms with van der Waals surface area (Å²) in [7, 11) is 3.94. The minimum atomic E-state index is -0.0451. The maximum Gasteiger partial charge on any atom is 0.160 e. The number of para-hydroxylation sites is 1. The second-order valence-corrected chi connectivity index (χ2v) is 3.34. The van der Waals surface area contributed by atoms with Crippen LogP contribution in [-0.4, -0.2) is 35.8 Å². The molecular formula is C10H15NO2. The Morgan fingerprint density at radius 1 is 1.23 bits per heavy atom. The predicted molar refractivity (Wildman–Crippen MR) is 52.0 cm³/mol. The summed E-state index contributed by atoms with van der Waals surface area (Å²) in [5.41, 5.74) is 0.786. The Balaban J connectivity index is 2.71. The molecule has 0 aliphatic rings. The first kappa shape index (κ1) is 9.86. The number of nitrogens with zero attached hydrogens (tertiary/aromatic N) is 1. The van der Waals surface area contributed by atoms with E-state index in [1.54, 1.807) is 6.07 Å². The maximum atomic E-state index is 9.44. The lowest BCUT2D eigenvalue weighted by Crippen LogP contribution is -2.15. The van der Waals surface area contributed by atoms with Gasteiger partial charge in [-0.1, -0.05) is 12.1 Å². The molecule has 1 aromatic rings. The smallest absolute Gasteiger partial charge is 0.160 e. The van der Waals surface area contributed by atoms with E-state index in [2.05, 4.69) is 0 Å². The molecule has 0 aromatic heterocycles. The summed E-state index contributed by atoms with van der Waals surface area (Å²) in [5, 5.41) is 18.6. The van der Waals surface area contributed by atoms with E-state index in [1.807, 2.05) is 25.1 Å². The topological polar surface area (TPSA) is 43.7 Å². The van der Waals surface area contributed by atoms with Crippen LogP contribution in [0, 0.1) is 0 Å². The Kier molecular flexibility index (Phi) is 3.14. The van der Waals surface area contributed by atoms with Gasteiger partial charge >= 0.3 is 0 Å². The molecule has 0 amide bonds. The van der Waals surface area contributed by atoms with Crippen LogP contribution in [0.1, 0.15) is 5.56 Å². The lowest BCUT2D eigenvalue weighted by Gasteiger charge is -2.10. The number of likely N-dealkylation sites (N-methyl/N-ethyl adjacent to an activating group) is 1. The van der Waals surface area contributed by atoms with Crippen LogP contribution in [0.3, 0.4) is 0 Å². The number of hydrogen-bond acceptors (Lipinski definition) is 3. The van der Waals surface area contributed by atoms with Crippen molar-refractivity contribution in [1.29, 1.82) is 0 Å². The summed E-state index contributed by atoms with van der Waals surface area (Å²) in [6.45, 7) is 0.858. The van der Waals surface area contributed by atoms with Crippen molar-refractivity contribution in [2.24, 2.45) is 0 Å². The van der Waals surface area contributed by atoms with E-state index >= 15 is 0 Å². The highest BCUT2D eigenvalue weighted by Crippen LogP contribution is 2.28. The Hall–Kier alpha value is -1.22. The zero-order chi connectivity index (χ0) is 9.84. The summed E-state index contributed by atoms with van der Waals surface area (Å²) in [6.07, 6.45) is 0.743. The molecule has 1 aromatic carbocycles. The van der Waals surface area contributed by atoms with Crippen molar-refractivity contribution in [2.45, 2.75) is 6.42 Å². The van der Waals surface area contributed by atoms with E-state index in [9.17, 15) is 10.2 Å². The van der Waals surface area contributed by atoms with Crippen LogP contribution in [0.2, 0.25) is 0 Å². The van der Waals surface area contributed by atoms with Crippen LogP contribution in [0.5, 0.6) is 11.5 Å². The van der Waals surface area contributed by atoms with Gasteiger partial charge in [-0.15, -0.1) is 0 Å². The largest absolute Gasteiger partial charge is 0.504 e. The first-order chi connectivity index (χ1) is 6.11. The van der Waals surface area contributed by atoms with E-state index in [4.69, 9.17) is 0 Å². The fourth-order valence-corrected chi connectivity index (χ4v) is 1.12. The van der Waals surface area contributed by atoms with E-state index < -0.39 is 0 Å². The summed E-state index contributed by atoms with van der Waals surface area (Å²) in [6, 6.07) is 5.03. The molecule has 0 spiro atoms. The van der Waals surface area contributed by atoms with Gasteiger partial charge in [0.15, 0.2) is 11.5 Å². The van der Waals surface area contributed by atoms with Crippen molar-refractivity contribution >= 4 is 0 Å². The molecule has 0 unspecified atom stereocenters. The van der Waals surface area contributed by atoms with Crippen LogP contribution in [0.15, 0.2) is 18.2 Å². The fraction of sp³-hybridized carbons (Fsp3) is 0.400. The molecule has 2 N–H and O–H groups in total. The summed E-state index contributed by atoms with van der Waals surface area (Å²) < 4.78 is 0. The van der Waals surface area contributed by atoms with Gasteiger partial charge in [0, 0.05) is 6.54 Å². The third-order valence-electron chi connectivity index (χ3n) is 1.93. The number of benzene rings is 1. The molecular weight excluding hydrogens is 166 g/mol.